The number of hydrogen-bond acceptors (Lipinski definition) is 3. The van der Waals surface area contributed by atoms with E-state index < -0.39 is 15.8 Å². The highest BCUT2D eigenvalue weighted by atomic mass is 79.9. The summed E-state index contributed by atoms with van der Waals surface area (Å²) in [5, 5.41) is 0. The van der Waals surface area contributed by atoms with E-state index in [2.05, 4.69) is 36.6 Å². The molecule has 112 valence electrons. The van der Waals surface area contributed by atoms with Crippen LogP contribution in [0.25, 0.3) is 0 Å². The summed E-state index contributed by atoms with van der Waals surface area (Å²) < 4.78 is 41.1. The molecule has 0 saturated heterocycles. The number of hydrogen-bond donors (Lipinski definition) is 2. The monoisotopic (exact) mass is 436 g/mol. The molecule has 2 aromatic carbocycles. The van der Waals surface area contributed by atoms with Crippen LogP contribution >= 0.6 is 31.9 Å². The lowest BCUT2D eigenvalue weighted by Crippen LogP contribution is -2.24. The van der Waals surface area contributed by atoms with E-state index in [4.69, 9.17) is 5.73 Å². The topological polar surface area (TPSA) is 72.2 Å². The van der Waals surface area contributed by atoms with E-state index >= 15 is 0 Å². The highest BCUT2D eigenvalue weighted by Crippen LogP contribution is 2.31. The van der Waals surface area contributed by atoms with Gasteiger partial charge in [-0.15, -0.1) is 0 Å². The molecule has 8 heteroatoms. The van der Waals surface area contributed by atoms with E-state index in [0.29, 0.717) is 14.5 Å². The van der Waals surface area contributed by atoms with Crippen LogP contribution in [-0.2, 0) is 16.6 Å². The average Bonchev–Trinajstić information content (AvgIpc) is 2.35. The SMILES string of the molecule is Nc1cc(Br)cc(Br)c1S(=O)(=O)NCc1cccc(F)c1. The van der Waals surface area contributed by atoms with Gasteiger partial charge in [0.15, 0.2) is 0 Å². The van der Waals surface area contributed by atoms with Crippen LogP contribution in [0.1, 0.15) is 5.56 Å². The van der Waals surface area contributed by atoms with Gasteiger partial charge in [0.05, 0.1) is 5.69 Å². The van der Waals surface area contributed by atoms with Crippen LogP contribution in [0.4, 0.5) is 10.1 Å². The zero-order chi connectivity index (χ0) is 15.6. The standard InChI is InChI=1S/C13H11Br2FN2O2S/c14-9-5-11(15)13(12(17)6-9)21(19,20)18-7-8-2-1-3-10(16)4-8/h1-6,18H,7,17H2. The van der Waals surface area contributed by atoms with Crippen molar-refractivity contribution < 1.29 is 12.8 Å². The third-order valence-corrected chi connectivity index (χ3v) is 5.52. The van der Waals surface area contributed by atoms with Crippen LogP contribution in [0.3, 0.4) is 0 Å². The van der Waals surface area contributed by atoms with Crippen molar-refractivity contribution in [3.63, 3.8) is 0 Å². The Balaban J connectivity index is 2.27. The maximum absolute atomic E-state index is 13.1. The fourth-order valence-electron chi connectivity index (χ4n) is 1.76. The Morgan fingerprint density at radius 1 is 1.19 bits per heavy atom. The molecule has 0 amide bonds. The van der Waals surface area contributed by atoms with Gasteiger partial charge < -0.3 is 5.73 Å². The predicted molar refractivity (Wildman–Crippen MR) is 86.7 cm³/mol. The van der Waals surface area contributed by atoms with Crippen molar-refractivity contribution in [2.24, 2.45) is 0 Å². The Labute approximate surface area is 138 Å². The predicted octanol–water partition coefficient (Wildman–Crippen LogP) is 3.41. The molecule has 2 aromatic rings. The number of halogens is 3. The Morgan fingerprint density at radius 3 is 2.52 bits per heavy atom. The first-order chi connectivity index (χ1) is 9.79. The number of rotatable bonds is 4. The number of nitrogen functional groups attached to an aromatic ring is 1. The second-order valence-corrected chi connectivity index (χ2v) is 7.73. The normalized spacial score (nSPS) is 11.6. The third kappa shape index (κ3) is 4.03. The molecule has 2 rings (SSSR count). The van der Waals surface area contributed by atoms with Crippen molar-refractivity contribution in [1.29, 1.82) is 0 Å². The smallest absolute Gasteiger partial charge is 0.244 e. The molecule has 0 heterocycles. The van der Waals surface area contributed by atoms with Gasteiger partial charge in [0, 0.05) is 15.5 Å². The lowest BCUT2D eigenvalue weighted by Gasteiger charge is -2.11. The Morgan fingerprint density at radius 2 is 1.90 bits per heavy atom. The van der Waals surface area contributed by atoms with Crippen molar-refractivity contribution in [3.05, 3.63) is 56.7 Å². The summed E-state index contributed by atoms with van der Waals surface area (Å²) in [5.41, 5.74) is 6.40. The van der Waals surface area contributed by atoms with Crippen LogP contribution < -0.4 is 10.5 Å². The van der Waals surface area contributed by atoms with Crippen molar-refractivity contribution >= 4 is 47.6 Å². The second-order valence-electron chi connectivity index (χ2n) is 4.26. The highest BCUT2D eigenvalue weighted by molar-refractivity contribution is 9.11. The minimum atomic E-state index is -3.81. The molecule has 0 spiro atoms. The first-order valence-electron chi connectivity index (χ1n) is 5.78. The van der Waals surface area contributed by atoms with Crippen LogP contribution in [-0.4, -0.2) is 8.42 Å². The van der Waals surface area contributed by atoms with Crippen LogP contribution in [0.15, 0.2) is 50.2 Å². The van der Waals surface area contributed by atoms with E-state index in [9.17, 15) is 12.8 Å². The number of nitrogens with one attached hydrogen (secondary N) is 1. The van der Waals surface area contributed by atoms with Gasteiger partial charge in [-0.05, 0) is 45.8 Å². The van der Waals surface area contributed by atoms with Crippen molar-refractivity contribution in [2.45, 2.75) is 11.4 Å². The van der Waals surface area contributed by atoms with E-state index in [1.807, 2.05) is 0 Å². The Kier molecular flexibility index (Phi) is 5.03. The summed E-state index contributed by atoms with van der Waals surface area (Å²) in [6, 6.07) is 8.80. The molecule has 0 aliphatic heterocycles. The van der Waals surface area contributed by atoms with Crippen LogP contribution in [0.5, 0.6) is 0 Å². The van der Waals surface area contributed by atoms with Crippen molar-refractivity contribution in [1.82, 2.24) is 4.72 Å². The summed E-state index contributed by atoms with van der Waals surface area (Å²) in [4.78, 5) is -0.0397. The van der Waals surface area contributed by atoms with E-state index in [-0.39, 0.29) is 17.1 Å². The lowest BCUT2D eigenvalue weighted by atomic mass is 10.2. The zero-order valence-electron chi connectivity index (χ0n) is 10.6. The van der Waals surface area contributed by atoms with Gasteiger partial charge in [0.25, 0.3) is 0 Å². The van der Waals surface area contributed by atoms with Gasteiger partial charge in [-0.3, -0.25) is 0 Å². The largest absolute Gasteiger partial charge is 0.398 e. The van der Waals surface area contributed by atoms with Gasteiger partial charge in [0.2, 0.25) is 10.0 Å². The van der Waals surface area contributed by atoms with Gasteiger partial charge in [0.1, 0.15) is 10.7 Å². The van der Waals surface area contributed by atoms with E-state index in [0.717, 1.165) is 0 Å². The van der Waals surface area contributed by atoms with E-state index in [1.54, 1.807) is 12.1 Å². The summed E-state index contributed by atoms with van der Waals surface area (Å²) in [6.45, 7) is -0.0258. The molecule has 0 aromatic heterocycles. The molecular weight excluding hydrogens is 427 g/mol. The van der Waals surface area contributed by atoms with Crippen molar-refractivity contribution in [2.75, 3.05) is 5.73 Å². The van der Waals surface area contributed by atoms with Gasteiger partial charge in [-0.2, -0.15) is 0 Å². The number of sulfonamides is 1. The van der Waals surface area contributed by atoms with Crippen molar-refractivity contribution in [3.8, 4) is 0 Å². The molecule has 3 N–H and O–H groups in total. The summed E-state index contributed by atoms with van der Waals surface area (Å²) in [7, 11) is -3.81. The number of anilines is 1. The quantitative estimate of drug-likeness (QED) is 0.720. The summed E-state index contributed by atoms with van der Waals surface area (Å²) in [5.74, 6) is -0.420. The number of nitrogens with two attached hydrogens (primary N) is 1. The van der Waals surface area contributed by atoms with Gasteiger partial charge in [-0.25, -0.2) is 17.5 Å². The molecule has 4 nitrogen and oxygen atoms in total. The molecular formula is C13H11Br2FN2O2S. The fraction of sp³-hybridized carbons (Fsp3) is 0.0769. The fourth-order valence-corrected chi connectivity index (χ4v) is 4.84. The average molecular weight is 438 g/mol. The molecule has 0 bridgehead atoms. The molecule has 21 heavy (non-hydrogen) atoms. The van der Waals surface area contributed by atoms with Crippen LogP contribution in [0, 0.1) is 5.82 Å². The van der Waals surface area contributed by atoms with Crippen LogP contribution in [0.2, 0.25) is 0 Å². The third-order valence-electron chi connectivity index (χ3n) is 2.66. The lowest BCUT2D eigenvalue weighted by molar-refractivity contribution is 0.580. The minimum absolute atomic E-state index is 0.0258. The first-order valence-corrected chi connectivity index (χ1v) is 8.85. The molecule has 0 fully saturated rings. The molecule has 0 saturated carbocycles. The summed E-state index contributed by atoms with van der Waals surface area (Å²) >= 11 is 6.41. The Hall–Kier alpha value is -0.960. The maximum Gasteiger partial charge on any atom is 0.244 e. The second kappa shape index (κ2) is 6.43. The van der Waals surface area contributed by atoms with Gasteiger partial charge >= 0.3 is 0 Å². The molecule has 0 aliphatic carbocycles. The molecule has 0 radical (unpaired) electrons. The zero-order valence-corrected chi connectivity index (χ0v) is 14.6. The number of benzene rings is 2. The molecule has 0 unspecified atom stereocenters. The van der Waals surface area contributed by atoms with Gasteiger partial charge in [-0.1, -0.05) is 28.1 Å². The molecule has 0 aliphatic rings. The maximum atomic E-state index is 13.1. The highest BCUT2D eigenvalue weighted by Gasteiger charge is 2.21. The Bertz CT molecular complexity index is 758. The first kappa shape index (κ1) is 16.4. The minimum Gasteiger partial charge on any atom is -0.398 e. The molecule has 0 atom stereocenters. The van der Waals surface area contributed by atoms with E-state index in [1.165, 1.54) is 24.3 Å². The summed E-state index contributed by atoms with van der Waals surface area (Å²) in [6.07, 6.45) is 0.